The van der Waals surface area contributed by atoms with Crippen molar-refractivity contribution in [2.75, 3.05) is 6.61 Å². The fraction of sp³-hybridized carbons (Fsp3) is 1.00. The molecular weight excluding hydrogens is 172 g/mol. The summed E-state index contributed by atoms with van der Waals surface area (Å²) in [6, 6.07) is 0. The van der Waals surface area contributed by atoms with Gasteiger partial charge in [0, 0.05) is 6.61 Å². The van der Waals surface area contributed by atoms with Gasteiger partial charge in [0.25, 0.3) is 0 Å². The second kappa shape index (κ2) is 2.55. The quantitative estimate of drug-likeness (QED) is 0.620. The normalized spacial score (nSPS) is 60.0. The van der Waals surface area contributed by atoms with E-state index in [1.165, 1.54) is 25.7 Å². The second-order valence-corrected chi connectivity index (χ2v) is 6.43. The molecule has 1 atom stereocenters. The third-order valence-electron chi connectivity index (χ3n) is 5.47. The van der Waals surface area contributed by atoms with Crippen molar-refractivity contribution in [3.63, 3.8) is 0 Å². The van der Waals surface area contributed by atoms with Gasteiger partial charge in [0.1, 0.15) is 0 Å². The molecule has 1 heterocycles. The molecule has 0 radical (unpaired) electrons. The van der Waals surface area contributed by atoms with Crippen LogP contribution in [-0.2, 0) is 4.74 Å². The van der Waals surface area contributed by atoms with E-state index in [-0.39, 0.29) is 0 Å². The monoisotopic (exact) mass is 192 g/mol. The van der Waals surface area contributed by atoms with Crippen molar-refractivity contribution in [1.82, 2.24) is 0 Å². The zero-order valence-electron chi connectivity index (χ0n) is 8.87. The fourth-order valence-corrected chi connectivity index (χ4v) is 5.29. The van der Waals surface area contributed by atoms with E-state index in [2.05, 4.69) is 0 Å². The van der Waals surface area contributed by atoms with Crippen molar-refractivity contribution >= 4 is 0 Å². The molecule has 5 aliphatic rings. The highest BCUT2D eigenvalue weighted by Crippen LogP contribution is 2.62. The molecular formula is C13H20O. The highest BCUT2D eigenvalue weighted by Gasteiger charge is 2.55. The molecule has 1 unspecified atom stereocenters. The molecule has 0 N–H and O–H groups in total. The molecule has 14 heavy (non-hydrogen) atoms. The SMILES string of the molecule is C1CC(C23CC4CC(CC(C4)C2)C3)O1. The van der Waals surface area contributed by atoms with Crippen LogP contribution in [0.1, 0.15) is 44.9 Å². The Hall–Kier alpha value is -0.0400. The molecule has 5 fully saturated rings. The Morgan fingerprint density at radius 2 is 1.36 bits per heavy atom. The predicted octanol–water partition coefficient (Wildman–Crippen LogP) is 2.99. The van der Waals surface area contributed by atoms with Crippen molar-refractivity contribution in [3.05, 3.63) is 0 Å². The fourth-order valence-electron chi connectivity index (χ4n) is 5.29. The Kier molecular flexibility index (Phi) is 1.49. The van der Waals surface area contributed by atoms with E-state index in [1.54, 1.807) is 19.3 Å². The van der Waals surface area contributed by atoms with Crippen molar-refractivity contribution in [3.8, 4) is 0 Å². The summed E-state index contributed by atoms with van der Waals surface area (Å²) in [5.74, 6) is 3.27. The molecule has 4 aliphatic carbocycles. The maximum absolute atomic E-state index is 5.82. The summed E-state index contributed by atoms with van der Waals surface area (Å²) in [6.45, 7) is 1.05. The summed E-state index contributed by atoms with van der Waals surface area (Å²) in [5, 5.41) is 0. The summed E-state index contributed by atoms with van der Waals surface area (Å²) in [7, 11) is 0. The first-order valence-corrected chi connectivity index (χ1v) is 6.46. The van der Waals surface area contributed by atoms with Gasteiger partial charge in [-0.25, -0.2) is 0 Å². The van der Waals surface area contributed by atoms with E-state index in [0.717, 1.165) is 24.4 Å². The molecule has 5 rings (SSSR count). The highest BCUT2D eigenvalue weighted by molar-refractivity contribution is 5.05. The summed E-state index contributed by atoms with van der Waals surface area (Å²) in [4.78, 5) is 0. The van der Waals surface area contributed by atoms with Gasteiger partial charge in [-0.3, -0.25) is 0 Å². The first kappa shape index (κ1) is 8.15. The van der Waals surface area contributed by atoms with E-state index >= 15 is 0 Å². The smallest absolute Gasteiger partial charge is 0.0653 e. The lowest BCUT2D eigenvalue weighted by Crippen LogP contribution is -2.55. The van der Waals surface area contributed by atoms with Gasteiger partial charge in [-0.2, -0.15) is 0 Å². The Morgan fingerprint density at radius 1 is 0.857 bits per heavy atom. The maximum atomic E-state index is 5.82. The predicted molar refractivity (Wildman–Crippen MR) is 55.0 cm³/mol. The average molecular weight is 192 g/mol. The Labute approximate surface area is 86.2 Å². The van der Waals surface area contributed by atoms with Crippen LogP contribution in [-0.4, -0.2) is 12.7 Å². The standard InChI is InChI=1S/C13H20O/c1-2-14-12(1)13-6-9-3-10(7-13)5-11(4-9)8-13/h9-12H,1-8H2. The van der Waals surface area contributed by atoms with Gasteiger partial charge in [0.05, 0.1) is 6.10 Å². The van der Waals surface area contributed by atoms with Crippen LogP contribution in [0, 0.1) is 23.2 Å². The zero-order chi connectivity index (χ0) is 9.17. The number of hydrogen-bond donors (Lipinski definition) is 0. The van der Waals surface area contributed by atoms with Gasteiger partial charge >= 0.3 is 0 Å². The molecule has 1 saturated heterocycles. The number of rotatable bonds is 1. The number of hydrogen-bond acceptors (Lipinski definition) is 1. The lowest BCUT2D eigenvalue weighted by molar-refractivity contribution is -0.191. The van der Waals surface area contributed by atoms with Crippen molar-refractivity contribution < 1.29 is 4.74 Å². The van der Waals surface area contributed by atoms with Crippen LogP contribution in [0.2, 0.25) is 0 Å². The lowest BCUT2D eigenvalue weighted by atomic mass is 9.47. The third kappa shape index (κ3) is 0.946. The Bertz CT molecular complexity index is 219. The van der Waals surface area contributed by atoms with Crippen LogP contribution in [0.25, 0.3) is 0 Å². The molecule has 1 aliphatic heterocycles. The largest absolute Gasteiger partial charge is 0.377 e. The molecule has 0 aromatic heterocycles. The van der Waals surface area contributed by atoms with Gasteiger partial charge in [-0.1, -0.05) is 0 Å². The molecule has 78 valence electrons. The number of ether oxygens (including phenoxy) is 1. The first-order valence-electron chi connectivity index (χ1n) is 6.46. The Balaban J connectivity index is 1.66. The third-order valence-corrected chi connectivity index (χ3v) is 5.47. The van der Waals surface area contributed by atoms with Gasteiger partial charge in [0.2, 0.25) is 0 Å². The molecule has 4 bridgehead atoms. The van der Waals surface area contributed by atoms with Gasteiger partial charge in [0.15, 0.2) is 0 Å². The molecule has 0 spiro atoms. The van der Waals surface area contributed by atoms with Crippen molar-refractivity contribution in [2.45, 2.75) is 51.0 Å². The molecule has 1 nitrogen and oxygen atoms in total. The lowest BCUT2D eigenvalue weighted by Gasteiger charge is -2.60. The maximum Gasteiger partial charge on any atom is 0.0653 e. The van der Waals surface area contributed by atoms with E-state index in [0.29, 0.717) is 11.5 Å². The van der Waals surface area contributed by atoms with Crippen molar-refractivity contribution in [2.24, 2.45) is 23.2 Å². The van der Waals surface area contributed by atoms with Gasteiger partial charge in [-0.15, -0.1) is 0 Å². The first-order chi connectivity index (χ1) is 6.84. The van der Waals surface area contributed by atoms with Crippen LogP contribution in [0.4, 0.5) is 0 Å². The zero-order valence-corrected chi connectivity index (χ0v) is 8.87. The second-order valence-electron chi connectivity index (χ2n) is 6.43. The van der Waals surface area contributed by atoms with Crippen LogP contribution in [0.5, 0.6) is 0 Å². The van der Waals surface area contributed by atoms with Gasteiger partial charge in [-0.05, 0) is 68.1 Å². The van der Waals surface area contributed by atoms with Crippen LogP contribution in [0.3, 0.4) is 0 Å². The highest BCUT2D eigenvalue weighted by atomic mass is 16.5. The van der Waals surface area contributed by atoms with E-state index in [1.807, 2.05) is 0 Å². The summed E-state index contributed by atoms with van der Waals surface area (Å²) >= 11 is 0. The van der Waals surface area contributed by atoms with E-state index < -0.39 is 0 Å². The topological polar surface area (TPSA) is 9.23 Å². The summed E-state index contributed by atoms with van der Waals surface area (Å²) < 4.78 is 5.82. The summed E-state index contributed by atoms with van der Waals surface area (Å²) in [5.41, 5.74) is 0.674. The Morgan fingerprint density at radius 3 is 1.71 bits per heavy atom. The van der Waals surface area contributed by atoms with Crippen LogP contribution >= 0.6 is 0 Å². The van der Waals surface area contributed by atoms with Gasteiger partial charge < -0.3 is 4.74 Å². The van der Waals surface area contributed by atoms with E-state index in [4.69, 9.17) is 4.74 Å². The average Bonchev–Trinajstić information content (AvgIpc) is 1.95. The molecule has 1 heteroatoms. The van der Waals surface area contributed by atoms with Crippen LogP contribution < -0.4 is 0 Å². The molecule has 0 aromatic rings. The van der Waals surface area contributed by atoms with Crippen molar-refractivity contribution in [1.29, 1.82) is 0 Å². The molecule has 0 aromatic carbocycles. The molecule has 4 saturated carbocycles. The summed E-state index contributed by atoms with van der Waals surface area (Å²) in [6.07, 6.45) is 11.3. The molecule has 0 amide bonds. The van der Waals surface area contributed by atoms with E-state index in [9.17, 15) is 0 Å². The van der Waals surface area contributed by atoms with Crippen LogP contribution in [0.15, 0.2) is 0 Å². The minimum atomic E-state index is 0.674. The minimum Gasteiger partial charge on any atom is -0.377 e. The minimum absolute atomic E-state index is 0.674.